The molecule has 0 saturated carbocycles. The molecule has 1 amide bonds. The summed E-state index contributed by atoms with van der Waals surface area (Å²) in [7, 11) is -3.40. The number of amides is 1. The number of ether oxygens (including phenoxy) is 1. The zero-order valence-electron chi connectivity index (χ0n) is 16.1. The highest BCUT2D eigenvalue weighted by Crippen LogP contribution is 2.32. The van der Waals surface area contributed by atoms with E-state index in [1.807, 2.05) is 6.07 Å². The molecule has 0 radical (unpaired) electrons. The Morgan fingerprint density at radius 3 is 2.67 bits per heavy atom. The summed E-state index contributed by atoms with van der Waals surface area (Å²) in [5.74, 6) is 0.175. The minimum atomic E-state index is -3.40. The van der Waals surface area contributed by atoms with Gasteiger partial charge in [0.15, 0.2) is 0 Å². The monoisotopic (exact) mass is 488 g/mol. The molecular weight excluding hydrogens is 467 g/mol. The molecule has 30 heavy (non-hydrogen) atoms. The van der Waals surface area contributed by atoms with Crippen LogP contribution in [0.25, 0.3) is 0 Å². The Hall–Kier alpha value is -1.29. The Morgan fingerprint density at radius 1 is 1.13 bits per heavy atom. The van der Waals surface area contributed by atoms with E-state index < -0.39 is 10.0 Å². The van der Waals surface area contributed by atoms with Gasteiger partial charge >= 0.3 is 0 Å². The molecule has 0 aliphatic carbocycles. The Bertz CT molecular complexity index is 996. The highest BCUT2D eigenvalue weighted by atomic mass is 35.5. The first kappa shape index (κ1) is 23.4. The van der Waals surface area contributed by atoms with Crippen LogP contribution in [0.1, 0.15) is 15.9 Å². The van der Waals surface area contributed by atoms with E-state index in [1.54, 1.807) is 36.4 Å². The molecule has 1 aliphatic heterocycles. The third-order valence-electron chi connectivity index (χ3n) is 4.49. The summed E-state index contributed by atoms with van der Waals surface area (Å²) in [4.78, 5) is 13.3. The number of hydrogen-bond donors (Lipinski definition) is 1. The fraction of sp³-hybridized carbons (Fsp3) is 0.350. The number of benzene rings is 2. The van der Waals surface area contributed by atoms with E-state index >= 15 is 0 Å². The molecule has 1 saturated heterocycles. The molecule has 1 fully saturated rings. The van der Waals surface area contributed by atoms with Crippen molar-refractivity contribution in [3.05, 3.63) is 63.6 Å². The topological polar surface area (TPSA) is 75.7 Å². The molecule has 2 aromatic carbocycles. The lowest BCUT2D eigenvalue weighted by Crippen LogP contribution is -2.43. The molecule has 0 atom stereocenters. The Morgan fingerprint density at radius 2 is 1.90 bits per heavy atom. The van der Waals surface area contributed by atoms with E-state index in [2.05, 4.69) is 5.32 Å². The molecular formula is C20H22Cl2N2O4S2. The number of nitrogens with one attached hydrogen (secondary N) is 1. The van der Waals surface area contributed by atoms with Gasteiger partial charge in [0.1, 0.15) is 0 Å². The number of carbonyl (C=O) groups is 1. The summed E-state index contributed by atoms with van der Waals surface area (Å²) in [5, 5.41) is 3.93. The summed E-state index contributed by atoms with van der Waals surface area (Å²) in [6.45, 7) is 1.56. The van der Waals surface area contributed by atoms with E-state index in [9.17, 15) is 13.2 Å². The average Bonchev–Trinajstić information content (AvgIpc) is 2.75. The quantitative estimate of drug-likeness (QED) is 0.573. The van der Waals surface area contributed by atoms with Crippen molar-refractivity contribution in [2.45, 2.75) is 10.6 Å². The summed E-state index contributed by atoms with van der Waals surface area (Å²) in [6.07, 6.45) is 0. The number of carbonyl (C=O) groups excluding carboxylic acids is 1. The largest absolute Gasteiger partial charge is 0.379 e. The molecule has 0 aromatic heterocycles. The number of rotatable bonds is 8. The van der Waals surface area contributed by atoms with Crippen LogP contribution >= 0.6 is 35.0 Å². The van der Waals surface area contributed by atoms with E-state index in [-0.39, 0.29) is 18.2 Å². The van der Waals surface area contributed by atoms with E-state index in [1.165, 1.54) is 16.1 Å². The first-order valence-corrected chi connectivity index (χ1v) is 12.7. The predicted molar refractivity (Wildman–Crippen MR) is 121 cm³/mol. The number of morpholine rings is 1. The van der Waals surface area contributed by atoms with Crippen LogP contribution < -0.4 is 5.32 Å². The number of nitrogens with zero attached hydrogens (tertiary/aromatic N) is 1. The molecule has 0 bridgehead atoms. The molecule has 1 heterocycles. The van der Waals surface area contributed by atoms with Crippen molar-refractivity contribution in [2.24, 2.45) is 0 Å². The van der Waals surface area contributed by atoms with Crippen molar-refractivity contribution < 1.29 is 17.9 Å². The lowest BCUT2D eigenvalue weighted by atomic mass is 10.1. The van der Waals surface area contributed by atoms with Gasteiger partial charge in [-0.3, -0.25) is 4.79 Å². The van der Waals surface area contributed by atoms with Crippen molar-refractivity contribution in [1.29, 1.82) is 0 Å². The van der Waals surface area contributed by atoms with Gasteiger partial charge in [0.2, 0.25) is 10.0 Å². The number of hydrogen-bond acceptors (Lipinski definition) is 5. The van der Waals surface area contributed by atoms with Crippen LogP contribution in [-0.4, -0.2) is 57.2 Å². The highest BCUT2D eigenvalue weighted by Gasteiger charge is 2.24. The van der Waals surface area contributed by atoms with Gasteiger partial charge in [0.05, 0.1) is 24.0 Å². The van der Waals surface area contributed by atoms with E-state index in [0.717, 1.165) is 10.5 Å². The first-order valence-electron chi connectivity index (χ1n) is 9.36. The van der Waals surface area contributed by atoms with Crippen LogP contribution in [0.4, 0.5) is 0 Å². The summed E-state index contributed by atoms with van der Waals surface area (Å²) < 4.78 is 31.2. The van der Waals surface area contributed by atoms with Gasteiger partial charge in [0.25, 0.3) is 5.91 Å². The van der Waals surface area contributed by atoms with E-state index in [0.29, 0.717) is 47.7 Å². The minimum absolute atomic E-state index is 0.0512. The molecule has 6 nitrogen and oxygen atoms in total. The minimum Gasteiger partial charge on any atom is -0.379 e. The predicted octanol–water partition coefficient (Wildman–Crippen LogP) is 3.68. The standard InChI is InChI=1S/C20H22Cl2N2O4S2/c21-17-4-5-18(22)19(13-17)29-14-15-2-1-3-16(12-15)20(25)23-6-11-30(26,27)24-7-9-28-10-8-24/h1-5,12-13H,6-11,14H2,(H,23,25). The first-order chi connectivity index (χ1) is 14.3. The zero-order chi connectivity index (χ0) is 21.6. The van der Waals surface area contributed by atoms with Crippen LogP contribution in [0.5, 0.6) is 0 Å². The van der Waals surface area contributed by atoms with Crippen LogP contribution in [0.15, 0.2) is 47.4 Å². The van der Waals surface area contributed by atoms with Gasteiger partial charge < -0.3 is 10.1 Å². The second-order valence-corrected chi connectivity index (χ2v) is 10.6. The summed E-state index contributed by atoms with van der Waals surface area (Å²) in [6, 6.07) is 12.5. The Kier molecular flexibility index (Phi) is 8.44. The van der Waals surface area contributed by atoms with Crippen molar-refractivity contribution in [3.63, 3.8) is 0 Å². The highest BCUT2D eigenvalue weighted by molar-refractivity contribution is 7.98. The lowest BCUT2D eigenvalue weighted by Gasteiger charge is -2.26. The lowest BCUT2D eigenvalue weighted by molar-refractivity contribution is 0.0730. The van der Waals surface area contributed by atoms with Crippen LogP contribution in [0.3, 0.4) is 0 Å². The Labute approximate surface area is 190 Å². The van der Waals surface area contributed by atoms with Crippen molar-refractivity contribution >= 4 is 50.9 Å². The van der Waals surface area contributed by atoms with Gasteiger partial charge in [-0.05, 0) is 35.9 Å². The molecule has 10 heteroatoms. The second kappa shape index (κ2) is 10.8. The molecule has 0 spiro atoms. The molecule has 1 aliphatic rings. The van der Waals surface area contributed by atoms with Crippen LogP contribution in [0, 0.1) is 0 Å². The maximum atomic E-state index is 12.4. The number of sulfonamides is 1. The van der Waals surface area contributed by atoms with Crippen LogP contribution in [-0.2, 0) is 20.5 Å². The smallest absolute Gasteiger partial charge is 0.251 e. The summed E-state index contributed by atoms with van der Waals surface area (Å²) in [5.41, 5.74) is 1.43. The average molecular weight is 489 g/mol. The SMILES string of the molecule is O=C(NCCS(=O)(=O)N1CCOCC1)c1cccc(CSc2cc(Cl)ccc2Cl)c1. The maximum absolute atomic E-state index is 12.4. The van der Waals surface area contributed by atoms with Crippen molar-refractivity contribution in [1.82, 2.24) is 9.62 Å². The molecule has 0 unspecified atom stereocenters. The van der Waals surface area contributed by atoms with Gasteiger partial charge in [-0.1, -0.05) is 35.3 Å². The molecule has 1 N–H and O–H groups in total. The normalized spacial score (nSPS) is 15.1. The molecule has 3 rings (SSSR count). The third-order valence-corrected chi connectivity index (χ3v) is 8.16. The van der Waals surface area contributed by atoms with Crippen molar-refractivity contribution in [2.75, 3.05) is 38.6 Å². The van der Waals surface area contributed by atoms with Crippen LogP contribution in [0.2, 0.25) is 10.0 Å². The number of halogens is 2. The number of thioether (sulfide) groups is 1. The second-order valence-electron chi connectivity index (χ2n) is 6.65. The maximum Gasteiger partial charge on any atom is 0.251 e. The molecule has 162 valence electrons. The van der Waals surface area contributed by atoms with Gasteiger partial charge in [0, 0.05) is 40.9 Å². The van der Waals surface area contributed by atoms with Gasteiger partial charge in [-0.2, -0.15) is 4.31 Å². The van der Waals surface area contributed by atoms with Crippen molar-refractivity contribution in [3.8, 4) is 0 Å². The van der Waals surface area contributed by atoms with Gasteiger partial charge in [-0.15, -0.1) is 11.8 Å². The summed E-state index contributed by atoms with van der Waals surface area (Å²) >= 11 is 13.7. The third kappa shape index (κ3) is 6.60. The Balaban J connectivity index is 1.53. The molecule has 2 aromatic rings. The fourth-order valence-electron chi connectivity index (χ4n) is 2.90. The fourth-order valence-corrected chi connectivity index (χ4v) is 5.66. The zero-order valence-corrected chi connectivity index (χ0v) is 19.3. The van der Waals surface area contributed by atoms with E-state index in [4.69, 9.17) is 27.9 Å². The van der Waals surface area contributed by atoms with Gasteiger partial charge in [-0.25, -0.2) is 8.42 Å².